The SMILES string of the molecule is Cc1nc(C)n(C[C@H](C)C(=O)Nc2nc(-c3ccc4c(c3)CCCO4)cs2)n1. The maximum absolute atomic E-state index is 12.5. The highest BCUT2D eigenvalue weighted by Gasteiger charge is 2.18. The predicted octanol–water partition coefficient (Wildman–Crippen LogP) is 3.62. The molecule has 0 aliphatic carbocycles. The zero-order valence-corrected chi connectivity index (χ0v) is 17.0. The average Bonchev–Trinajstić information content (AvgIpc) is 3.27. The number of carbonyl (C=O) groups excluding carboxylic acids is 1. The minimum atomic E-state index is -0.243. The van der Waals surface area contributed by atoms with Crippen LogP contribution < -0.4 is 10.1 Å². The second kappa shape index (κ2) is 7.71. The first kappa shape index (κ1) is 18.6. The van der Waals surface area contributed by atoms with E-state index >= 15 is 0 Å². The van der Waals surface area contributed by atoms with Crippen LogP contribution in [-0.4, -0.2) is 32.3 Å². The summed E-state index contributed by atoms with van der Waals surface area (Å²) in [5.74, 6) is 2.17. The molecule has 0 bridgehead atoms. The van der Waals surface area contributed by atoms with Crippen LogP contribution in [0.5, 0.6) is 5.75 Å². The first-order chi connectivity index (χ1) is 13.5. The van der Waals surface area contributed by atoms with E-state index in [1.54, 1.807) is 4.68 Å². The molecule has 1 aliphatic rings. The van der Waals surface area contributed by atoms with Crippen molar-refractivity contribution in [1.29, 1.82) is 0 Å². The number of thiazole rings is 1. The zero-order valence-electron chi connectivity index (χ0n) is 16.2. The summed E-state index contributed by atoms with van der Waals surface area (Å²) in [5.41, 5.74) is 3.13. The van der Waals surface area contributed by atoms with E-state index in [9.17, 15) is 4.79 Å². The van der Waals surface area contributed by atoms with Crippen LogP contribution in [0, 0.1) is 19.8 Å². The van der Waals surface area contributed by atoms with Crippen LogP contribution in [0.2, 0.25) is 0 Å². The predicted molar refractivity (Wildman–Crippen MR) is 109 cm³/mol. The summed E-state index contributed by atoms with van der Waals surface area (Å²) in [4.78, 5) is 21.4. The summed E-state index contributed by atoms with van der Waals surface area (Å²) in [7, 11) is 0. The quantitative estimate of drug-likeness (QED) is 0.711. The number of anilines is 1. The normalized spacial score (nSPS) is 14.2. The number of hydrogen-bond acceptors (Lipinski definition) is 6. The second-order valence-electron chi connectivity index (χ2n) is 7.09. The Hall–Kier alpha value is -2.74. The number of carbonyl (C=O) groups is 1. The van der Waals surface area contributed by atoms with E-state index in [4.69, 9.17) is 4.74 Å². The Morgan fingerprint density at radius 3 is 3.00 bits per heavy atom. The van der Waals surface area contributed by atoms with Gasteiger partial charge in [-0.05, 0) is 50.5 Å². The molecule has 1 aliphatic heterocycles. The minimum absolute atomic E-state index is 0.0766. The van der Waals surface area contributed by atoms with Crippen LogP contribution in [0.1, 0.15) is 30.6 Å². The van der Waals surface area contributed by atoms with Crippen molar-refractivity contribution in [3.05, 3.63) is 40.8 Å². The number of aryl methyl sites for hydroxylation is 3. The molecule has 1 aromatic carbocycles. The van der Waals surface area contributed by atoms with Crippen molar-refractivity contribution in [2.75, 3.05) is 11.9 Å². The van der Waals surface area contributed by atoms with E-state index in [1.165, 1.54) is 16.9 Å². The van der Waals surface area contributed by atoms with Crippen LogP contribution in [0.3, 0.4) is 0 Å². The van der Waals surface area contributed by atoms with Gasteiger partial charge in [0.1, 0.15) is 17.4 Å². The molecule has 0 fully saturated rings. The first-order valence-corrected chi connectivity index (χ1v) is 10.3. The van der Waals surface area contributed by atoms with E-state index < -0.39 is 0 Å². The summed E-state index contributed by atoms with van der Waals surface area (Å²) >= 11 is 1.43. The largest absolute Gasteiger partial charge is 0.493 e. The lowest BCUT2D eigenvalue weighted by molar-refractivity contribution is -0.119. The van der Waals surface area contributed by atoms with E-state index in [1.807, 2.05) is 38.3 Å². The Morgan fingerprint density at radius 2 is 2.21 bits per heavy atom. The number of nitrogens with one attached hydrogen (secondary N) is 1. The van der Waals surface area contributed by atoms with E-state index in [0.29, 0.717) is 17.5 Å². The van der Waals surface area contributed by atoms with Gasteiger partial charge < -0.3 is 10.1 Å². The lowest BCUT2D eigenvalue weighted by Crippen LogP contribution is -2.25. The van der Waals surface area contributed by atoms with Crippen LogP contribution in [0.4, 0.5) is 5.13 Å². The van der Waals surface area contributed by atoms with E-state index in [0.717, 1.165) is 42.3 Å². The number of ether oxygens (including phenoxy) is 1. The molecule has 28 heavy (non-hydrogen) atoms. The van der Waals surface area contributed by atoms with Gasteiger partial charge in [0.2, 0.25) is 5.91 Å². The third kappa shape index (κ3) is 3.91. The number of aromatic nitrogens is 4. The zero-order chi connectivity index (χ0) is 19.7. The summed E-state index contributed by atoms with van der Waals surface area (Å²) in [5, 5.41) is 9.82. The molecule has 4 rings (SSSR count). The molecule has 146 valence electrons. The summed E-state index contributed by atoms with van der Waals surface area (Å²) in [6.45, 7) is 6.88. The van der Waals surface area contributed by atoms with Crippen LogP contribution in [0.25, 0.3) is 11.3 Å². The van der Waals surface area contributed by atoms with Crippen molar-refractivity contribution in [2.24, 2.45) is 5.92 Å². The molecule has 0 spiro atoms. The minimum Gasteiger partial charge on any atom is -0.493 e. The molecule has 8 heteroatoms. The highest BCUT2D eigenvalue weighted by molar-refractivity contribution is 7.14. The lowest BCUT2D eigenvalue weighted by Gasteiger charge is -2.17. The van der Waals surface area contributed by atoms with Crippen molar-refractivity contribution in [3.8, 4) is 17.0 Å². The average molecular weight is 398 g/mol. The molecule has 3 heterocycles. The van der Waals surface area contributed by atoms with Gasteiger partial charge in [0, 0.05) is 10.9 Å². The number of fused-ring (bicyclic) bond motifs is 1. The molecule has 0 radical (unpaired) electrons. The van der Waals surface area contributed by atoms with Gasteiger partial charge in [-0.25, -0.2) is 14.6 Å². The number of benzene rings is 1. The van der Waals surface area contributed by atoms with Crippen molar-refractivity contribution in [1.82, 2.24) is 19.7 Å². The molecule has 1 amide bonds. The molecular formula is C20H23N5O2S. The van der Waals surface area contributed by atoms with Gasteiger partial charge in [0.15, 0.2) is 5.13 Å². The van der Waals surface area contributed by atoms with Crippen LogP contribution >= 0.6 is 11.3 Å². The monoisotopic (exact) mass is 397 g/mol. The summed E-state index contributed by atoms with van der Waals surface area (Å²) in [6.07, 6.45) is 2.06. The van der Waals surface area contributed by atoms with Crippen molar-refractivity contribution >= 4 is 22.4 Å². The summed E-state index contributed by atoms with van der Waals surface area (Å²) < 4.78 is 7.44. The smallest absolute Gasteiger partial charge is 0.230 e. The Labute approximate surface area is 167 Å². The molecular weight excluding hydrogens is 374 g/mol. The Kier molecular flexibility index (Phi) is 5.13. The van der Waals surface area contributed by atoms with Gasteiger partial charge in [-0.2, -0.15) is 5.10 Å². The van der Waals surface area contributed by atoms with Crippen LogP contribution in [-0.2, 0) is 17.8 Å². The van der Waals surface area contributed by atoms with Gasteiger partial charge in [-0.3, -0.25) is 4.79 Å². The van der Waals surface area contributed by atoms with Gasteiger partial charge in [-0.1, -0.05) is 6.92 Å². The Balaban J connectivity index is 1.43. The van der Waals surface area contributed by atoms with Gasteiger partial charge in [-0.15, -0.1) is 11.3 Å². The highest BCUT2D eigenvalue weighted by Crippen LogP contribution is 2.31. The van der Waals surface area contributed by atoms with Crippen LogP contribution in [0.15, 0.2) is 23.6 Å². The maximum atomic E-state index is 12.5. The van der Waals surface area contributed by atoms with Gasteiger partial charge in [0.25, 0.3) is 0 Å². The first-order valence-electron chi connectivity index (χ1n) is 9.40. The standard InChI is InChI=1S/C20H23N5O2S/c1-12(10-25-14(3)21-13(2)24-25)19(26)23-20-22-17(11-28-20)15-6-7-18-16(9-15)5-4-8-27-18/h6-7,9,11-12H,4-5,8,10H2,1-3H3,(H,22,23,26)/t12-/m0/s1. The van der Waals surface area contributed by atoms with Crippen molar-refractivity contribution in [3.63, 3.8) is 0 Å². The van der Waals surface area contributed by atoms with E-state index in [2.05, 4.69) is 26.4 Å². The number of nitrogens with zero attached hydrogens (tertiary/aromatic N) is 4. The maximum Gasteiger partial charge on any atom is 0.230 e. The fraction of sp³-hybridized carbons (Fsp3) is 0.400. The summed E-state index contributed by atoms with van der Waals surface area (Å²) in [6, 6.07) is 6.16. The van der Waals surface area contributed by atoms with Gasteiger partial charge >= 0.3 is 0 Å². The number of hydrogen-bond donors (Lipinski definition) is 1. The number of rotatable bonds is 5. The molecule has 1 N–H and O–H groups in total. The third-order valence-electron chi connectivity index (χ3n) is 4.80. The molecule has 1 atom stereocenters. The highest BCUT2D eigenvalue weighted by atomic mass is 32.1. The molecule has 0 saturated heterocycles. The fourth-order valence-electron chi connectivity index (χ4n) is 3.29. The molecule has 7 nitrogen and oxygen atoms in total. The molecule has 0 unspecified atom stereocenters. The van der Waals surface area contributed by atoms with Gasteiger partial charge in [0.05, 0.1) is 24.8 Å². The Bertz CT molecular complexity index is 1010. The fourth-order valence-corrected chi connectivity index (χ4v) is 4.01. The van der Waals surface area contributed by atoms with Crippen molar-refractivity contribution < 1.29 is 9.53 Å². The Morgan fingerprint density at radius 1 is 1.36 bits per heavy atom. The topological polar surface area (TPSA) is 81.9 Å². The van der Waals surface area contributed by atoms with E-state index in [-0.39, 0.29) is 11.8 Å². The lowest BCUT2D eigenvalue weighted by atomic mass is 10.0. The third-order valence-corrected chi connectivity index (χ3v) is 5.55. The number of amides is 1. The molecule has 0 saturated carbocycles. The van der Waals surface area contributed by atoms with Crippen molar-refractivity contribution in [2.45, 2.75) is 40.2 Å². The molecule has 2 aromatic heterocycles. The second-order valence-corrected chi connectivity index (χ2v) is 7.95. The molecule has 3 aromatic rings.